The van der Waals surface area contributed by atoms with Crippen molar-refractivity contribution in [1.82, 2.24) is 15.3 Å². The number of imidazole rings is 1. The average Bonchev–Trinajstić information content (AvgIpc) is 3.04. The molecule has 1 saturated heterocycles. The maximum absolute atomic E-state index is 11.5. The van der Waals surface area contributed by atoms with Crippen LogP contribution in [0.4, 0.5) is 0 Å². The van der Waals surface area contributed by atoms with E-state index in [4.69, 9.17) is 4.74 Å². The molecule has 2 N–H and O–H groups in total. The summed E-state index contributed by atoms with van der Waals surface area (Å²) in [6.45, 7) is 1.04. The van der Waals surface area contributed by atoms with Crippen LogP contribution < -0.4 is 5.32 Å². The summed E-state index contributed by atoms with van der Waals surface area (Å²) in [6, 6.07) is 5.67. The summed E-state index contributed by atoms with van der Waals surface area (Å²) >= 11 is 0. The number of benzene rings is 1. The number of aromatic nitrogens is 2. The van der Waals surface area contributed by atoms with Crippen molar-refractivity contribution in [3.63, 3.8) is 0 Å². The second-order valence-corrected chi connectivity index (χ2v) is 4.49. The van der Waals surface area contributed by atoms with Crippen LogP contribution in [0.5, 0.6) is 0 Å². The zero-order valence-corrected chi connectivity index (χ0v) is 10.2. The summed E-state index contributed by atoms with van der Waals surface area (Å²) in [5.41, 5.74) is 2.30. The Morgan fingerprint density at radius 3 is 3.11 bits per heavy atom. The number of ether oxygens (including phenoxy) is 1. The minimum Gasteiger partial charge on any atom is -0.465 e. The van der Waals surface area contributed by atoms with E-state index in [0.717, 1.165) is 29.8 Å². The molecule has 1 aliphatic heterocycles. The van der Waals surface area contributed by atoms with Gasteiger partial charge in [0.2, 0.25) is 0 Å². The fraction of sp³-hybridized carbons (Fsp3) is 0.385. The van der Waals surface area contributed by atoms with Gasteiger partial charge >= 0.3 is 5.97 Å². The molecule has 3 rings (SSSR count). The second kappa shape index (κ2) is 4.42. The number of hydrogen-bond acceptors (Lipinski definition) is 4. The number of aromatic amines is 1. The predicted octanol–water partition coefficient (Wildman–Crippen LogP) is 1.77. The minimum atomic E-state index is -0.327. The van der Waals surface area contributed by atoms with Crippen LogP contribution in [0.15, 0.2) is 18.2 Å². The molecule has 0 radical (unpaired) electrons. The number of carbonyl (C=O) groups excluding carboxylic acids is 1. The van der Waals surface area contributed by atoms with Crippen molar-refractivity contribution < 1.29 is 9.53 Å². The van der Waals surface area contributed by atoms with Crippen molar-refractivity contribution in [1.29, 1.82) is 0 Å². The van der Waals surface area contributed by atoms with E-state index in [1.165, 1.54) is 13.5 Å². The molecule has 0 bridgehead atoms. The van der Waals surface area contributed by atoms with Gasteiger partial charge in [0.25, 0.3) is 0 Å². The Labute approximate surface area is 105 Å². The third-order valence-corrected chi connectivity index (χ3v) is 3.31. The molecular weight excluding hydrogens is 230 g/mol. The molecule has 18 heavy (non-hydrogen) atoms. The third-order valence-electron chi connectivity index (χ3n) is 3.31. The standard InChI is InChI=1S/C13H15N3O2/c1-18-13(17)8-4-5-9-11(7-8)16-12(15-9)10-3-2-6-14-10/h4-5,7,10,14H,2-3,6H2,1H3,(H,15,16)/t10-/m0/s1. The van der Waals surface area contributed by atoms with E-state index in [0.29, 0.717) is 11.6 Å². The number of fused-ring (bicyclic) bond motifs is 1. The molecule has 1 aliphatic rings. The fourth-order valence-electron chi connectivity index (χ4n) is 2.36. The van der Waals surface area contributed by atoms with Gasteiger partial charge < -0.3 is 15.0 Å². The molecular formula is C13H15N3O2. The number of nitrogens with one attached hydrogen (secondary N) is 2. The summed E-state index contributed by atoms with van der Waals surface area (Å²) < 4.78 is 4.71. The molecule has 0 unspecified atom stereocenters. The van der Waals surface area contributed by atoms with Gasteiger partial charge in [0.15, 0.2) is 0 Å². The first-order valence-corrected chi connectivity index (χ1v) is 6.09. The maximum atomic E-state index is 11.5. The number of rotatable bonds is 2. The molecule has 5 nitrogen and oxygen atoms in total. The van der Waals surface area contributed by atoms with Gasteiger partial charge in [0.05, 0.1) is 29.7 Å². The largest absolute Gasteiger partial charge is 0.465 e. The van der Waals surface area contributed by atoms with Gasteiger partial charge in [-0.1, -0.05) is 0 Å². The Morgan fingerprint density at radius 2 is 2.39 bits per heavy atom. The number of hydrogen-bond donors (Lipinski definition) is 2. The van der Waals surface area contributed by atoms with Crippen LogP contribution in [0.1, 0.15) is 35.1 Å². The van der Waals surface area contributed by atoms with E-state index in [9.17, 15) is 4.79 Å². The SMILES string of the molecule is COC(=O)c1ccc2nc([C@@H]3CCCN3)[nH]c2c1. The molecule has 2 heterocycles. The van der Waals surface area contributed by atoms with Crippen molar-refractivity contribution in [2.45, 2.75) is 18.9 Å². The zero-order valence-electron chi connectivity index (χ0n) is 10.2. The van der Waals surface area contributed by atoms with Gasteiger partial charge in [-0.05, 0) is 37.6 Å². The number of carbonyl (C=O) groups is 1. The van der Waals surface area contributed by atoms with Crippen molar-refractivity contribution >= 4 is 17.0 Å². The Balaban J connectivity index is 1.98. The molecule has 2 aromatic rings. The molecule has 1 aromatic carbocycles. The normalized spacial score (nSPS) is 19.3. The fourth-order valence-corrected chi connectivity index (χ4v) is 2.36. The van der Waals surface area contributed by atoms with E-state index >= 15 is 0 Å². The monoisotopic (exact) mass is 245 g/mol. The molecule has 1 fully saturated rings. The molecule has 0 amide bonds. The molecule has 1 atom stereocenters. The molecule has 1 aromatic heterocycles. The lowest BCUT2D eigenvalue weighted by Crippen LogP contribution is -2.13. The first kappa shape index (κ1) is 11.2. The van der Waals surface area contributed by atoms with Crippen LogP contribution in [0.25, 0.3) is 11.0 Å². The minimum absolute atomic E-state index is 0.305. The van der Waals surface area contributed by atoms with Crippen LogP contribution >= 0.6 is 0 Å². The smallest absolute Gasteiger partial charge is 0.337 e. The lowest BCUT2D eigenvalue weighted by atomic mass is 10.2. The highest BCUT2D eigenvalue weighted by Crippen LogP contribution is 2.23. The van der Waals surface area contributed by atoms with Crippen LogP contribution in [0.3, 0.4) is 0 Å². The molecule has 0 saturated carbocycles. The van der Waals surface area contributed by atoms with E-state index in [1.807, 2.05) is 6.07 Å². The topological polar surface area (TPSA) is 67.0 Å². The second-order valence-electron chi connectivity index (χ2n) is 4.49. The first-order chi connectivity index (χ1) is 8.78. The highest BCUT2D eigenvalue weighted by molar-refractivity contribution is 5.93. The van der Waals surface area contributed by atoms with Gasteiger partial charge in [-0.2, -0.15) is 0 Å². The number of esters is 1. The lowest BCUT2D eigenvalue weighted by Gasteiger charge is -2.04. The Morgan fingerprint density at radius 1 is 1.50 bits per heavy atom. The molecule has 5 heteroatoms. The number of nitrogens with zero attached hydrogens (tertiary/aromatic N) is 1. The number of H-pyrrole nitrogens is 1. The van der Waals surface area contributed by atoms with Crippen molar-refractivity contribution in [3.8, 4) is 0 Å². The van der Waals surface area contributed by atoms with Gasteiger partial charge in [0, 0.05) is 0 Å². The summed E-state index contributed by atoms with van der Waals surface area (Å²) in [7, 11) is 1.38. The molecule has 0 aliphatic carbocycles. The van der Waals surface area contributed by atoms with E-state index in [2.05, 4.69) is 15.3 Å². The van der Waals surface area contributed by atoms with Crippen molar-refractivity contribution in [2.24, 2.45) is 0 Å². The summed E-state index contributed by atoms with van der Waals surface area (Å²) in [5.74, 6) is 0.622. The predicted molar refractivity (Wildman–Crippen MR) is 67.4 cm³/mol. The maximum Gasteiger partial charge on any atom is 0.337 e. The van der Waals surface area contributed by atoms with Crippen LogP contribution in [-0.2, 0) is 4.74 Å². The van der Waals surface area contributed by atoms with E-state index in [-0.39, 0.29) is 5.97 Å². The van der Waals surface area contributed by atoms with E-state index < -0.39 is 0 Å². The first-order valence-electron chi connectivity index (χ1n) is 6.09. The van der Waals surface area contributed by atoms with Crippen LogP contribution in [-0.4, -0.2) is 29.6 Å². The van der Waals surface area contributed by atoms with E-state index in [1.54, 1.807) is 12.1 Å². The quantitative estimate of drug-likeness (QED) is 0.791. The Hall–Kier alpha value is -1.88. The van der Waals surface area contributed by atoms with Gasteiger partial charge in [-0.25, -0.2) is 9.78 Å². The highest BCUT2D eigenvalue weighted by atomic mass is 16.5. The van der Waals surface area contributed by atoms with Crippen LogP contribution in [0.2, 0.25) is 0 Å². The summed E-state index contributed by atoms with van der Waals surface area (Å²) in [4.78, 5) is 19.3. The van der Waals surface area contributed by atoms with Crippen molar-refractivity contribution in [2.75, 3.05) is 13.7 Å². The van der Waals surface area contributed by atoms with Gasteiger partial charge in [0.1, 0.15) is 5.82 Å². The highest BCUT2D eigenvalue weighted by Gasteiger charge is 2.19. The average molecular weight is 245 g/mol. The van der Waals surface area contributed by atoms with Crippen LogP contribution in [0, 0.1) is 0 Å². The molecule has 0 spiro atoms. The Bertz CT molecular complexity index is 585. The zero-order chi connectivity index (χ0) is 12.5. The van der Waals surface area contributed by atoms with Gasteiger partial charge in [-0.3, -0.25) is 0 Å². The summed E-state index contributed by atoms with van der Waals surface area (Å²) in [5, 5.41) is 3.40. The summed E-state index contributed by atoms with van der Waals surface area (Å²) in [6.07, 6.45) is 2.28. The lowest BCUT2D eigenvalue weighted by molar-refractivity contribution is 0.0601. The Kier molecular flexibility index (Phi) is 2.76. The molecule has 94 valence electrons. The van der Waals surface area contributed by atoms with Gasteiger partial charge in [-0.15, -0.1) is 0 Å². The van der Waals surface area contributed by atoms with Crippen molar-refractivity contribution in [3.05, 3.63) is 29.6 Å². The third kappa shape index (κ3) is 1.86. The number of methoxy groups -OCH3 is 1.